The standard InChI is InChI=1S/C24H40N4O/c1-4-27(5-2)18-20-14-16-28(19-20)24(25-3)26-15-9-17-29-23-13-8-11-21-10-6-7-12-22(21)23/h6-7,10,12,20,23H,4-5,8-9,11,13-19H2,1-3H3,(H,25,26). The van der Waals surface area contributed by atoms with Gasteiger partial charge in [0.25, 0.3) is 0 Å². The summed E-state index contributed by atoms with van der Waals surface area (Å²) in [5.41, 5.74) is 2.87. The summed E-state index contributed by atoms with van der Waals surface area (Å²) in [6, 6.07) is 8.76. The highest BCUT2D eigenvalue weighted by Gasteiger charge is 2.26. The van der Waals surface area contributed by atoms with E-state index in [0.29, 0.717) is 0 Å². The van der Waals surface area contributed by atoms with Gasteiger partial charge in [0.2, 0.25) is 0 Å². The van der Waals surface area contributed by atoms with E-state index in [-0.39, 0.29) is 6.10 Å². The number of guanidine groups is 1. The number of rotatable bonds is 9. The molecule has 1 aliphatic carbocycles. The lowest BCUT2D eigenvalue weighted by Crippen LogP contribution is -2.41. The number of nitrogens with zero attached hydrogens (tertiary/aromatic N) is 3. The number of benzene rings is 1. The van der Waals surface area contributed by atoms with Crippen LogP contribution in [0.3, 0.4) is 0 Å². The molecular formula is C24H40N4O. The molecule has 2 atom stereocenters. The molecule has 1 N–H and O–H groups in total. The molecule has 1 heterocycles. The van der Waals surface area contributed by atoms with Gasteiger partial charge in [0.15, 0.2) is 5.96 Å². The highest BCUT2D eigenvalue weighted by molar-refractivity contribution is 5.80. The van der Waals surface area contributed by atoms with Crippen molar-refractivity contribution in [1.29, 1.82) is 0 Å². The molecule has 29 heavy (non-hydrogen) atoms. The fourth-order valence-electron chi connectivity index (χ4n) is 4.73. The normalized spacial score (nSPS) is 22.2. The lowest BCUT2D eigenvalue weighted by atomic mass is 9.89. The van der Waals surface area contributed by atoms with Gasteiger partial charge in [0, 0.05) is 39.8 Å². The van der Waals surface area contributed by atoms with Gasteiger partial charge in [-0.2, -0.15) is 0 Å². The highest BCUT2D eigenvalue weighted by Crippen LogP contribution is 2.32. The van der Waals surface area contributed by atoms with Gasteiger partial charge >= 0.3 is 0 Å². The summed E-state index contributed by atoms with van der Waals surface area (Å²) in [4.78, 5) is 9.47. The van der Waals surface area contributed by atoms with Crippen LogP contribution in [0.15, 0.2) is 29.3 Å². The summed E-state index contributed by atoms with van der Waals surface area (Å²) in [5.74, 6) is 1.80. The number of aliphatic imine (C=N–C) groups is 1. The summed E-state index contributed by atoms with van der Waals surface area (Å²) in [6.45, 7) is 11.9. The Morgan fingerprint density at radius 2 is 2.07 bits per heavy atom. The van der Waals surface area contributed by atoms with Crippen LogP contribution in [0.25, 0.3) is 0 Å². The third-order valence-corrected chi connectivity index (χ3v) is 6.45. The van der Waals surface area contributed by atoms with E-state index in [2.05, 4.69) is 58.2 Å². The van der Waals surface area contributed by atoms with E-state index in [0.717, 1.165) is 64.0 Å². The van der Waals surface area contributed by atoms with Crippen LogP contribution in [0, 0.1) is 5.92 Å². The van der Waals surface area contributed by atoms with Crippen molar-refractivity contribution >= 4 is 5.96 Å². The van der Waals surface area contributed by atoms with E-state index in [1.807, 2.05) is 7.05 Å². The third kappa shape index (κ3) is 6.19. The average molecular weight is 401 g/mol. The Balaban J connectivity index is 1.36. The first-order valence-corrected chi connectivity index (χ1v) is 11.6. The predicted octanol–water partition coefficient (Wildman–Crippen LogP) is 3.71. The molecule has 0 bridgehead atoms. The van der Waals surface area contributed by atoms with Crippen molar-refractivity contribution in [1.82, 2.24) is 15.1 Å². The van der Waals surface area contributed by atoms with Crippen molar-refractivity contribution in [2.75, 3.05) is 52.9 Å². The Morgan fingerprint density at radius 3 is 2.86 bits per heavy atom. The van der Waals surface area contributed by atoms with Gasteiger partial charge < -0.3 is 19.9 Å². The van der Waals surface area contributed by atoms with Crippen LogP contribution >= 0.6 is 0 Å². The van der Waals surface area contributed by atoms with E-state index in [1.165, 1.54) is 36.9 Å². The Bertz CT molecular complexity index is 644. The maximum atomic E-state index is 6.24. The van der Waals surface area contributed by atoms with Gasteiger partial charge in [0.05, 0.1) is 6.10 Å². The van der Waals surface area contributed by atoms with Crippen LogP contribution in [0.1, 0.15) is 56.8 Å². The van der Waals surface area contributed by atoms with Crippen molar-refractivity contribution in [3.05, 3.63) is 35.4 Å². The average Bonchev–Trinajstić information content (AvgIpc) is 3.23. The zero-order valence-electron chi connectivity index (χ0n) is 18.7. The van der Waals surface area contributed by atoms with E-state index >= 15 is 0 Å². The van der Waals surface area contributed by atoms with Gasteiger partial charge in [-0.3, -0.25) is 4.99 Å². The SMILES string of the molecule is CCN(CC)CC1CCN(C(=NC)NCCCOC2CCCc3ccccc32)C1. The van der Waals surface area contributed by atoms with Crippen molar-refractivity contribution in [2.45, 2.75) is 52.1 Å². The zero-order chi connectivity index (χ0) is 20.5. The number of nitrogens with one attached hydrogen (secondary N) is 1. The Hall–Kier alpha value is -1.59. The molecule has 1 fully saturated rings. The van der Waals surface area contributed by atoms with Crippen molar-refractivity contribution < 1.29 is 4.74 Å². The molecule has 0 radical (unpaired) electrons. The maximum Gasteiger partial charge on any atom is 0.193 e. The fourth-order valence-corrected chi connectivity index (χ4v) is 4.73. The first-order chi connectivity index (χ1) is 14.2. The van der Waals surface area contributed by atoms with E-state index < -0.39 is 0 Å². The second-order valence-electron chi connectivity index (χ2n) is 8.36. The molecule has 5 nitrogen and oxygen atoms in total. The van der Waals surface area contributed by atoms with Gasteiger partial charge in [0.1, 0.15) is 0 Å². The summed E-state index contributed by atoms with van der Waals surface area (Å²) in [6.07, 6.45) is 6.12. The minimum Gasteiger partial charge on any atom is -0.373 e. The Morgan fingerprint density at radius 1 is 1.24 bits per heavy atom. The summed E-state index contributed by atoms with van der Waals surface area (Å²) < 4.78 is 6.24. The zero-order valence-corrected chi connectivity index (χ0v) is 18.7. The molecule has 1 aliphatic heterocycles. The number of ether oxygens (including phenoxy) is 1. The number of hydrogen-bond donors (Lipinski definition) is 1. The number of hydrogen-bond acceptors (Lipinski definition) is 3. The first-order valence-electron chi connectivity index (χ1n) is 11.6. The van der Waals surface area contributed by atoms with Crippen LogP contribution in [-0.2, 0) is 11.2 Å². The third-order valence-electron chi connectivity index (χ3n) is 6.45. The maximum absolute atomic E-state index is 6.24. The van der Waals surface area contributed by atoms with E-state index in [9.17, 15) is 0 Å². The lowest BCUT2D eigenvalue weighted by Gasteiger charge is -2.26. The molecule has 0 aromatic heterocycles. The minimum atomic E-state index is 0.277. The largest absolute Gasteiger partial charge is 0.373 e. The monoisotopic (exact) mass is 400 g/mol. The van der Waals surface area contributed by atoms with Gasteiger partial charge in [-0.05, 0) is 62.2 Å². The predicted molar refractivity (Wildman–Crippen MR) is 122 cm³/mol. The quantitative estimate of drug-likeness (QED) is 0.390. The Kier molecular flexibility index (Phi) is 8.81. The molecule has 162 valence electrons. The topological polar surface area (TPSA) is 40.1 Å². The van der Waals surface area contributed by atoms with Crippen LogP contribution < -0.4 is 5.32 Å². The summed E-state index contributed by atoms with van der Waals surface area (Å²) >= 11 is 0. The number of likely N-dealkylation sites (tertiary alicyclic amines) is 1. The van der Waals surface area contributed by atoms with Crippen molar-refractivity contribution in [3.8, 4) is 0 Å². The second-order valence-corrected chi connectivity index (χ2v) is 8.36. The highest BCUT2D eigenvalue weighted by atomic mass is 16.5. The molecule has 0 amide bonds. The van der Waals surface area contributed by atoms with Crippen LogP contribution in [0.4, 0.5) is 0 Å². The molecule has 2 aliphatic rings. The van der Waals surface area contributed by atoms with E-state index in [1.54, 1.807) is 0 Å². The van der Waals surface area contributed by atoms with Gasteiger partial charge in [-0.1, -0.05) is 38.1 Å². The summed E-state index contributed by atoms with van der Waals surface area (Å²) in [7, 11) is 1.90. The molecule has 0 saturated carbocycles. The lowest BCUT2D eigenvalue weighted by molar-refractivity contribution is 0.0397. The second kappa shape index (κ2) is 11.6. The molecule has 1 aromatic rings. The van der Waals surface area contributed by atoms with Crippen LogP contribution in [0.2, 0.25) is 0 Å². The molecule has 0 spiro atoms. The van der Waals surface area contributed by atoms with Crippen molar-refractivity contribution in [3.63, 3.8) is 0 Å². The Labute approximate surface area is 177 Å². The van der Waals surface area contributed by atoms with Gasteiger partial charge in [-0.15, -0.1) is 0 Å². The number of aryl methyl sites for hydroxylation is 1. The summed E-state index contributed by atoms with van der Waals surface area (Å²) in [5, 5.41) is 3.55. The molecular weight excluding hydrogens is 360 g/mol. The number of fused-ring (bicyclic) bond motifs is 1. The molecule has 1 aromatic carbocycles. The van der Waals surface area contributed by atoms with Gasteiger partial charge in [-0.25, -0.2) is 0 Å². The van der Waals surface area contributed by atoms with Crippen LogP contribution in [-0.4, -0.2) is 68.7 Å². The first kappa shape index (κ1) is 22.1. The minimum absolute atomic E-state index is 0.277. The van der Waals surface area contributed by atoms with Crippen molar-refractivity contribution in [2.24, 2.45) is 10.9 Å². The smallest absolute Gasteiger partial charge is 0.193 e. The van der Waals surface area contributed by atoms with E-state index in [4.69, 9.17) is 4.74 Å². The molecule has 2 unspecified atom stereocenters. The molecule has 5 heteroatoms. The molecule has 3 rings (SSSR count). The van der Waals surface area contributed by atoms with Crippen LogP contribution in [0.5, 0.6) is 0 Å². The fraction of sp³-hybridized carbons (Fsp3) is 0.708. The molecule has 1 saturated heterocycles.